The van der Waals surface area contributed by atoms with Crippen LogP contribution in [-0.4, -0.2) is 17.2 Å². The summed E-state index contributed by atoms with van der Waals surface area (Å²) in [7, 11) is -2.84. The lowest BCUT2D eigenvalue weighted by atomic mass is 10.0. The Hall–Kier alpha value is -7.98. The van der Waals surface area contributed by atoms with E-state index in [0.29, 0.717) is 0 Å². The van der Waals surface area contributed by atoms with E-state index >= 15 is 0 Å². The van der Waals surface area contributed by atoms with Gasteiger partial charge in [-0.3, -0.25) is 0 Å². The fraction of sp³-hybridized carbons (Fsp3) is 0. The second kappa shape index (κ2) is 15.2. The van der Waals surface area contributed by atoms with Gasteiger partial charge in [0.2, 0.25) is 0 Å². The molecule has 0 amide bonds. The molecule has 3 heteroatoms. The second-order valence-electron chi connectivity index (χ2n) is 16.5. The van der Waals surface area contributed by atoms with Gasteiger partial charge in [-0.2, -0.15) is 0 Å². The molecule has 0 spiro atoms. The topological polar surface area (TPSA) is 9.86 Å². The fourth-order valence-corrected chi connectivity index (χ4v) is 15.1. The Kier molecular flexibility index (Phi) is 8.87. The molecule has 12 aromatic rings. The van der Waals surface area contributed by atoms with Gasteiger partial charge in [-0.1, -0.05) is 218 Å². The largest absolute Gasteiger partial charge is 0.309 e. The zero-order valence-electron chi connectivity index (χ0n) is 34.6. The van der Waals surface area contributed by atoms with Gasteiger partial charge >= 0.3 is 0 Å². The van der Waals surface area contributed by atoms with E-state index in [-0.39, 0.29) is 0 Å². The van der Waals surface area contributed by atoms with E-state index in [0.717, 1.165) is 11.4 Å². The Balaban J connectivity index is 1.19. The quantitative estimate of drug-likeness (QED) is 0.107. The average molecular weight is 819 g/mol. The van der Waals surface area contributed by atoms with Gasteiger partial charge in [-0.15, -0.1) is 0 Å². The molecular weight excluding hydrogens is 777 g/mol. The van der Waals surface area contributed by atoms with Crippen LogP contribution in [0.5, 0.6) is 0 Å². The van der Waals surface area contributed by atoms with E-state index in [9.17, 15) is 0 Å². The van der Waals surface area contributed by atoms with Gasteiger partial charge in [0, 0.05) is 38.5 Å². The van der Waals surface area contributed by atoms with Crippen molar-refractivity contribution in [3.63, 3.8) is 0 Å². The van der Waals surface area contributed by atoms with Crippen LogP contribution in [0.3, 0.4) is 0 Å². The zero-order valence-corrected chi connectivity index (χ0v) is 35.6. The molecule has 0 saturated heterocycles. The summed E-state index contributed by atoms with van der Waals surface area (Å²) in [5, 5.41) is 10.4. The second-order valence-corrected chi connectivity index (χ2v) is 20.3. The van der Waals surface area contributed by atoms with Crippen LogP contribution >= 0.6 is 0 Å². The number of hydrogen-bond donors (Lipinski definition) is 0. The smallest absolute Gasteiger partial charge is 0.179 e. The Morgan fingerprint density at radius 1 is 0.254 bits per heavy atom. The van der Waals surface area contributed by atoms with Crippen LogP contribution in [0.1, 0.15) is 0 Å². The van der Waals surface area contributed by atoms with Gasteiger partial charge in [0.05, 0.1) is 22.1 Å². The molecule has 0 radical (unpaired) electrons. The molecule has 2 heterocycles. The maximum absolute atomic E-state index is 2.84. The zero-order chi connectivity index (χ0) is 41.7. The minimum atomic E-state index is -2.84. The summed E-state index contributed by atoms with van der Waals surface area (Å²) in [6, 6.07) is 94.3. The summed E-state index contributed by atoms with van der Waals surface area (Å²) >= 11 is 0. The third-order valence-corrected chi connectivity index (χ3v) is 17.8. The van der Waals surface area contributed by atoms with Gasteiger partial charge in [0.15, 0.2) is 8.07 Å². The third-order valence-electron chi connectivity index (χ3n) is 13.1. The van der Waals surface area contributed by atoms with Crippen molar-refractivity contribution in [1.82, 2.24) is 9.13 Å². The molecular formula is C60H42N2Si. The summed E-state index contributed by atoms with van der Waals surface area (Å²) in [5.74, 6) is 0. The molecule has 296 valence electrons. The van der Waals surface area contributed by atoms with Gasteiger partial charge in [0.25, 0.3) is 0 Å². The van der Waals surface area contributed by atoms with Crippen LogP contribution in [0.4, 0.5) is 0 Å². The van der Waals surface area contributed by atoms with E-state index in [1.54, 1.807) is 0 Å². The molecule has 0 aliphatic carbocycles. The van der Waals surface area contributed by atoms with Crippen molar-refractivity contribution >= 4 is 72.4 Å². The predicted molar refractivity (Wildman–Crippen MR) is 270 cm³/mol. The van der Waals surface area contributed by atoms with Crippen molar-refractivity contribution in [2.45, 2.75) is 0 Å². The summed E-state index contributed by atoms with van der Waals surface area (Å²) in [6.45, 7) is 0. The maximum atomic E-state index is 2.55. The Bertz CT molecular complexity index is 3500. The van der Waals surface area contributed by atoms with E-state index in [2.05, 4.69) is 264 Å². The van der Waals surface area contributed by atoms with Crippen LogP contribution in [0.15, 0.2) is 255 Å². The highest BCUT2D eigenvalue weighted by atomic mass is 28.3. The highest BCUT2D eigenvalue weighted by Crippen LogP contribution is 2.40. The molecule has 0 saturated carbocycles. The van der Waals surface area contributed by atoms with Gasteiger partial charge in [-0.25, -0.2) is 0 Å². The van der Waals surface area contributed by atoms with Crippen molar-refractivity contribution in [2.75, 3.05) is 0 Å². The standard InChI is InChI=1S/C60H42N2Si/c1-6-20-43(21-7-1)45-24-18-25-46(40-45)61-57-35-17-16-32-53(57)54-38-36-47(41-58(54)61)62-59-42-51(37-39-55(59)56-34-19-33-52(60(56)62)44-22-8-2-9-23-44)63(48-26-10-3-11-27-48,49-28-12-4-13-29-49)50-30-14-5-15-31-50/h1-42H. The first-order valence-corrected chi connectivity index (χ1v) is 23.8. The maximum Gasteiger partial charge on any atom is 0.179 e. The third kappa shape index (κ3) is 5.93. The van der Waals surface area contributed by atoms with Crippen LogP contribution < -0.4 is 20.7 Å². The lowest BCUT2D eigenvalue weighted by molar-refractivity contribution is 1.16. The van der Waals surface area contributed by atoms with E-state index < -0.39 is 8.07 Å². The van der Waals surface area contributed by atoms with Crippen LogP contribution in [0.25, 0.3) is 77.2 Å². The van der Waals surface area contributed by atoms with E-state index in [1.807, 2.05) is 0 Å². The summed E-state index contributed by atoms with van der Waals surface area (Å²) < 4.78 is 5.01. The Labute approximate surface area is 368 Å². The van der Waals surface area contributed by atoms with Crippen molar-refractivity contribution in [2.24, 2.45) is 0 Å². The first-order chi connectivity index (χ1) is 31.3. The Morgan fingerprint density at radius 3 is 1.40 bits per heavy atom. The molecule has 0 unspecified atom stereocenters. The molecule has 10 aromatic carbocycles. The summed E-state index contributed by atoms with van der Waals surface area (Å²) in [4.78, 5) is 0. The monoisotopic (exact) mass is 818 g/mol. The average Bonchev–Trinajstić information content (AvgIpc) is 3.88. The number of rotatable bonds is 8. The van der Waals surface area contributed by atoms with E-state index in [4.69, 9.17) is 0 Å². The van der Waals surface area contributed by atoms with Gasteiger partial charge in [0.1, 0.15) is 0 Å². The van der Waals surface area contributed by atoms with Crippen molar-refractivity contribution in [3.8, 4) is 33.6 Å². The molecule has 0 aliphatic heterocycles. The van der Waals surface area contributed by atoms with Crippen LogP contribution in [0.2, 0.25) is 0 Å². The summed E-state index contributed by atoms with van der Waals surface area (Å²) in [5.41, 5.74) is 11.8. The molecule has 0 fully saturated rings. The number of para-hydroxylation sites is 2. The van der Waals surface area contributed by atoms with Crippen molar-refractivity contribution in [3.05, 3.63) is 255 Å². The highest BCUT2D eigenvalue weighted by Gasteiger charge is 2.41. The van der Waals surface area contributed by atoms with Gasteiger partial charge < -0.3 is 9.13 Å². The number of benzene rings is 10. The lowest BCUT2D eigenvalue weighted by Gasteiger charge is -2.34. The van der Waals surface area contributed by atoms with Crippen molar-refractivity contribution in [1.29, 1.82) is 0 Å². The summed E-state index contributed by atoms with van der Waals surface area (Å²) in [6.07, 6.45) is 0. The lowest BCUT2D eigenvalue weighted by Crippen LogP contribution is -2.74. The number of fused-ring (bicyclic) bond motifs is 6. The molecule has 0 bridgehead atoms. The molecule has 12 rings (SSSR count). The first kappa shape index (κ1) is 36.8. The van der Waals surface area contributed by atoms with Crippen molar-refractivity contribution < 1.29 is 0 Å². The predicted octanol–water partition coefficient (Wildman–Crippen LogP) is 12.6. The van der Waals surface area contributed by atoms with Gasteiger partial charge in [-0.05, 0) is 73.8 Å². The number of nitrogens with zero attached hydrogens (tertiary/aromatic N) is 2. The molecule has 0 N–H and O–H groups in total. The molecule has 2 aromatic heterocycles. The number of hydrogen-bond acceptors (Lipinski definition) is 0. The van der Waals surface area contributed by atoms with E-state index in [1.165, 1.54) is 86.6 Å². The number of aromatic nitrogens is 2. The first-order valence-electron chi connectivity index (χ1n) is 21.8. The molecule has 63 heavy (non-hydrogen) atoms. The molecule has 2 nitrogen and oxygen atoms in total. The molecule has 0 atom stereocenters. The normalized spacial score (nSPS) is 11.8. The minimum Gasteiger partial charge on any atom is -0.309 e. The highest BCUT2D eigenvalue weighted by molar-refractivity contribution is 7.20. The Morgan fingerprint density at radius 2 is 0.730 bits per heavy atom. The SMILES string of the molecule is c1ccc(-c2cccc(-n3c4ccccc4c4ccc(-n5c6cc([Si](c7ccccc7)(c7ccccc7)c7ccccc7)ccc6c6cccc(-c7ccccc7)c65)cc43)c2)cc1. The van der Waals surface area contributed by atoms with Crippen LogP contribution in [0, 0.1) is 0 Å². The van der Waals surface area contributed by atoms with Crippen LogP contribution in [-0.2, 0) is 0 Å². The minimum absolute atomic E-state index is 1.12. The molecule has 0 aliphatic rings. The fourth-order valence-electron chi connectivity index (χ4n) is 10.3.